The van der Waals surface area contributed by atoms with Gasteiger partial charge in [-0.3, -0.25) is 4.79 Å². The molecule has 3 rings (SSSR count). The van der Waals surface area contributed by atoms with Crippen LogP contribution in [0.5, 0.6) is 11.5 Å². The van der Waals surface area contributed by atoms with Crippen molar-refractivity contribution in [2.45, 2.75) is 37.5 Å². The van der Waals surface area contributed by atoms with Crippen LogP contribution in [0.15, 0.2) is 48.5 Å². The number of rotatable bonds is 7. The third kappa shape index (κ3) is 5.42. The van der Waals surface area contributed by atoms with Crippen LogP contribution in [0, 0.1) is 0 Å². The Bertz CT molecular complexity index is 776. The lowest BCUT2D eigenvalue weighted by atomic mass is 9.93. The standard InChI is InChI=1S/C22H27NO3S/c1-22(2)14-20(18-13-17(25-3)9-10-19(18)26-22)27-15-21(24)23-12-11-16-7-5-4-6-8-16/h4-10,13,20H,11-12,14-15H2,1-3H3,(H,23,24)/t20-/m1/s1. The van der Waals surface area contributed by atoms with Gasteiger partial charge in [0.2, 0.25) is 5.91 Å². The highest BCUT2D eigenvalue weighted by atomic mass is 32.2. The fraction of sp³-hybridized carbons (Fsp3) is 0.409. The minimum Gasteiger partial charge on any atom is -0.497 e. The molecule has 0 radical (unpaired) electrons. The van der Waals surface area contributed by atoms with Crippen LogP contribution in [0.4, 0.5) is 0 Å². The molecular formula is C22H27NO3S. The van der Waals surface area contributed by atoms with Crippen molar-refractivity contribution < 1.29 is 14.3 Å². The van der Waals surface area contributed by atoms with Gasteiger partial charge in [-0.1, -0.05) is 30.3 Å². The van der Waals surface area contributed by atoms with Crippen molar-refractivity contribution in [3.8, 4) is 11.5 Å². The van der Waals surface area contributed by atoms with Gasteiger partial charge >= 0.3 is 0 Å². The lowest BCUT2D eigenvalue weighted by molar-refractivity contribution is -0.118. The minimum absolute atomic E-state index is 0.0738. The van der Waals surface area contributed by atoms with Gasteiger partial charge in [0.15, 0.2) is 0 Å². The Morgan fingerprint density at radius 1 is 1.26 bits per heavy atom. The van der Waals surface area contributed by atoms with E-state index in [1.165, 1.54) is 5.56 Å². The molecular weight excluding hydrogens is 358 g/mol. The lowest BCUT2D eigenvalue weighted by Gasteiger charge is -2.37. The number of carbonyl (C=O) groups is 1. The van der Waals surface area contributed by atoms with E-state index in [1.54, 1.807) is 18.9 Å². The molecule has 0 spiro atoms. The molecule has 5 heteroatoms. The number of ether oxygens (including phenoxy) is 2. The maximum atomic E-state index is 12.3. The van der Waals surface area contributed by atoms with Crippen molar-refractivity contribution in [3.63, 3.8) is 0 Å². The van der Waals surface area contributed by atoms with Gasteiger partial charge < -0.3 is 14.8 Å². The Hall–Kier alpha value is -2.14. The number of thioether (sulfide) groups is 1. The number of hydrogen-bond acceptors (Lipinski definition) is 4. The molecule has 144 valence electrons. The molecule has 0 unspecified atom stereocenters. The molecule has 4 nitrogen and oxygen atoms in total. The summed E-state index contributed by atoms with van der Waals surface area (Å²) in [4.78, 5) is 12.3. The van der Waals surface area contributed by atoms with E-state index in [2.05, 4.69) is 31.3 Å². The summed E-state index contributed by atoms with van der Waals surface area (Å²) in [6.07, 6.45) is 1.71. The number of amides is 1. The van der Waals surface area contributed by atoms with Crippen molar-refractivity contribution in [2.24, 2.45) is 0 Å². The Balaban J connectivity index is 1.56. The predicted octanol–water partition coefficient (Wildman–Crippen LogP) is 4.39. The van der Waals surface area contributed by atoms with Crippen LogP contribution in [0.3, 0.4) is 0 Å². The topological polar surface area (TPSA) is 47.6 Å². The van der Waals surface area contributed by atoms with Gasteiger partial charge in [0.1, 0.15) is 17.1 Å². The molecule has 0 saturated carbocycles. The molecule has 0 saturated heterocycles. The molecule has 0 aromatic heterocycles. The molecule has 1 atom stereocenters. The third-order valence-electron chi connectivity index (χ3n) is 4.62. The zero-order valence-electron chi connectivity index (χ0n) is 16.2. The third-order valence-corrected chi connectivity index (χ3v) is 5.87. The van der Waals surface area contributed by atoms with E-state index in [0.717, 1.165) is 29.9 Å². The van der Waals surface area contributed by atoms with E-state index < -0.39 is 0 Å². The van der Waals surface area contributed by atoms with Gasteiger partial charge in [0.05, 0.1) is 12.9 Å². The molecule has 2 aromatic rings. The number of benzene rings is 2. The first kappa shape index (κ1) is 19.6. The number of nitrogens with one attached hydrogen (secondary N) is 1. The number of hydrogen-bond donors (Lipinski definition) is 1. The van der Waals surface area contributed by atoms with E-state index in [9.17, 15) is 4.79 Å². The number of carbonyl (C=O) groups excluding carboxylic acids is 1. The second kappa shape index (κ2) is 8.70. The van der Waals surface area contributed by atoms with Gasteiger partial charge in [-0.05, 0) is 44.0 Å². The van der Waals surface area contributed by atoms with Crippen molar-refractivity contribution in [2.75, 3.05) is 19.4 Å². The van der Waals surface area contributed by atoms with E-state index in [1.807, 2.05) is 36.4 Å². The first-order chi connectivity index (χ1) is 13.0. The molecule has 1 aliphatic rings. The summed E-state index contributed by atoms with van der Waals surface area (Å²) in [5.74, 6) is 2.21. The Morgan fingerprint density at radius 2 is 2.04 bits per heavy atom. The fourth-order valence-electron chi connectivity index (χ4n) is 3.26. The Kier molecular flexibility index (Phi) is 6.32. The van der Waals surface area contributed by atoms with Crippen molar-refractivity contribution in [1.82, 2.24) is 5.32 Å². The first-order valence-corrected chi connectivity index (χ1v) is 10.3. The van der Waals surface area contributed by atoms with Gasteiger partial charge in [-0.15, -0.1) is 11.8 Å². The molecule has 1 aliphatic heterocycles. The summed E-state index contributed by atoms with van der Waals surface area (Å²) in [7, 11) is 1.66. The van der Waals surface area contributed by atoms with E-state index in [0.29, 0.717) is 12.3 Å². The van der Waals surface area contributed by atoms with E-state index in [-0.39, 0.29) is 16.8 Å². The highest BCUT2D eigenvalue weighted by Crippen LogP contribution is 2.47. The highest BCUT2D eigenvalue weighted by molar-refractivity contribution is 8.00. The first-order valence-electron chi connectivity index (χ1n) is 9.26. The van der Waals surface area contributed by atoms with Gasteiger partial charge in [-0.2, -0.15) is 0 Å². The van der Waals surface area contributed by atoms with Gasteiger partial charge in [-0.25, -0.2) is 0 Å². The summed E-state index contributed by atoms with van der Waals surface area (Å²) in [5.41, 5.74) is 2.09. The fourth-order valence-corrected chi connectivity index (χ4v) is 4.60. The second-order valence-electron chi connectivity index (χ2n) is 7.35. The second-order valence-corrected chi connectivity index (χ2v) is 8.55. The van der Waals surface area contributed by atoms with Crippen molar-refractivity contribution in [1.29, 1.82) is 0 Å². The molecule has 2 aromatic carbocycles. The quantitative estimate of drug-likeness (QED) is 0.768. The molecule has 1 heterocycles. The van der Waals surface area contributed by atoms with Crippen LogP contribution in [0.25, 0.3) is 0 Å². The Labute approximate surface area is 165 Å². The van der Waals surface area contributed by atoms with Crippen molar-refractivity contribution >= 4 is 17.7 Å². The van der Waals surface area contributed by atoms with E-state index in [4.69, 9.17) is 9.47 Å². The summed E-state index contributed by atoms with van der Waals surface area (Å²) in [6.45, 7) is 4.84. The maximum absolute atomic E-state index is 12.3. The van der Waals surface area contributed by atoms with E-state index >= 15 is 0 Å². The van der Waals surface area contributed by atoms with Gasteiger partial charge in [0, 0.05) is 23.8 Å². The maximum Gasteiger partial charge on any atom is 0.230 e. The average Bonchev–Trinajstić information content (AvgIpc) is 2.66. The van der Waals surface area contributed by atoms with Crippen LogP contribution in [-0.2, 0) is 11.2 Å². The molecule has 1 amide bonds. The average molecular weight is 386 g/mol. The molecule has 0 bridgehead atoms. The molecule has 27 heavy (non-hydrogen) atoms. The van der Waals surface area contributed by atoms with Crippen molar-refractivity contribution in [3.05, 3.63) is 59.7 Å². The minimum atomic E-state index is -0.247. The van der Waals surface area contributed by atoms with Crippen LogP contribution in [0.2, 0.25) is 0 Å². The smallest absolute Gasteiger partial charge is 0.230 e. The Morgan fingerprint density at radius 3 is 2.78 bits per heavy atom. The highest BCUT2D eigenvalue weighted by Gasteiger charge is 2.34. The summed E-state index contributed by atoms with van der Waals surface area (Å²) in [5, 5.41) is 3.23. The van der Waals surface area contributed by atoms with Crippen LogP contribution in [0.1, 0.15) is 36.6 Å². The summed E-state index contributed by atoms with van der Waals surface area (Å²) >= 11 is 1.67. The SMILES string of the molecule is COc1ccc2c(c1)[C@H](SCC(=O)NCCc1ccccc1)CC(C)(C)O2. The summed E-state index contributed by atoms with van der Waals surface area (Å²) < 4.78 is 11.5. The summed E-state index contributed by atoms with van der Waals surface area (Å²) in [6, 6.07) is 16.1. The molecule has 1 N–H and O–H groups in total. The lowest BCUT2D eigenvalue weighted by Crippen LogP contribution is -2.34. The van der Waals surface area contributed by atoms with Crippen LogP contribution in [-0.4, -0.2) is 30.9 Å². The molecule has 0 aliphatic carbocycles. The number of methoxy groups -OCH3 is 1. The zero-order chi connectivity index (χ0) is 19.3. The zero-order valence-corrected chi connectivity index (χ0v) is 17.0. The van der Waals surface area contributed by atoms with Crippen LogP contribution >= 0.6 is 11.8 Å². The van der Waals surface area contributed by atoms with Gasteiger partial charge in [0.25, 0.3) is 0 Å². The molecule has 0 fully saturated rings. The predicted molar refractivity (Wildman–Crippen MR) is 111 cm³/mol. The largest absolute Gasteiger partial charge is 0.497 e. The normalized spacial score (nSPS) is 17.5. The number of fused-ring (bicyclic) bond motifs is 1. The van der Waals surface area contributed by atoms with Crippen LogP contribution < -0.4 is 14.8 Å². The monoisotopic (exact) mass is 385 g/mol.